The zero-order valence-electron chi connectivity index (χ0n) is 18.3. The number of nitrogens with zero attached hydrogens (tertiary/aromatic N) is 3. The van der Waals surface area contributed by atoms with Gasteiger partial charge in [-0.25, -0.2) is 8.42 Å². The first kappa shape index (κ1) is 22.7. The summed E-state index contributed by atoms with van der Waals surface area (Å²) in [5.74, 6) is 0.364. The van der Waals surface area contributed by atoms with Crippen LogP contribution in [0.5, 0.6) is 5.75 Å². The summed E-state index contributed by atoms with van der Waals surface area (Å²) in [4.78, 5) is 18.0. The number of sulfonamides is 1. The quantitative estimate of drug-likeness (QED) is 0.541. The van der Waals surface area contributed by atoms with Crippen molar-refractivity contribution in [3.8, 4) is 5.75 Å². The van der Waals surface area contributed by atoms with Crippen LogP contribution < -0.4 is 9.54 Å². The molecule has 7 nitrogen and oxygen atoms in total. The number of piperidine rings is 1. The predicted molar refractivity (Wildman–Crippen MR) is 126 cm³/mol. The summed E-state index contributed by atoms with van der Waals surface area (Å²) in [6, 6.07) is 11.9. The first-order chi connectivity index (χ1) is 15.5. The van der Waals surface area contributed by atoms with E-state index in [9.17, 15) is 13.2 Å². The Kier molecular flexibility index (Phi) is 6.78. The molecule has 0 bridgehead atoms. The largest absolute Gasteiger partial charge is 0.492 e. The Labute approximate surface area is 192 Å². The molecule has 0 radical (unpaired) electrons. The summed E-state index contributed by atoms with van der Waals surface area (Å²) in [7, 11) is -3.53. The van der Waals surface area contributed by atoms with E-state index in [1.165, 1.54) is 39.9 Å². The van der Waals surface area contributed by atoms with Gasteiger partial charge in [0.05, 0.1) is 16.2 Å². The van der Waals surface area contributed by atoms with E-state index in [1.54, 1.807) is 0 Å². The standard InChI is InChI=1S/C23H27N3O4S2/c1-3-26-21-19(30-4-2)9-8-10-20(21)31-23(26)24-22(27)17-11-13-18(14-12-17)32(28,29)25-15-6-5-7-16-25/h8-14H,3-7,15-16H2,1-2H3. The summed E-state index contributed by atoms with van der Waals surface area (Å²) in [6.45, 7) is 6.22. The van der Waals surface area contributed by atoms with Crippen molar-refractivity contribution >= 4 is 37.5 Å². The van der Waals surface area contributed by atoms with Gasteiger partial charge in [-0.2, -0.15) is 9.30 Å². The molecule has 32 heavy (non-hydrogen) atoms. The highest BCUT2D eigenvalue weighted by molar-refractivity contribution is 7.89. The average molecular weight is 474 g/mol. The Hall–Kier alpha value is -2.49. The highest BCUT2D eigenvalue weighted by atomic mass is 32.2. The second-order valence-corrected chi connectivity index (χ2v) is 10.5. The van der Waals surface area contributed by atoms with Gasteiger partial charge >= 0.3 is 0 Å². The molecular weight excluding hydrogens is 446 g/mol. The van der Waals surface area contributed by atoms with Crippen molar-refractivity contribution in [2.24, 2.45) is 4.99 Å². The number of fused-ring (bicyclic) bond motifs is 1. The van der Waals surface area contributed by atoms with Crippen molar-refractivity contribution in [1.82, 2.24) is 8.87 Å². The maximum absolute atomic E-state index is 12.9. The smallest absolute Gasteiger partial charge is 0.279 e. The molecule has 0 aliphatic carbocycles. The second kappa shape index (κ2) is 9.56. The molecule has 3 aromatic rings. The fourth-order valence-electron chi connectivity index (χ4n) is 3.92. The van der Waals surface area contributed by atoms with E-state index in [0.29, 0.717) is 36.6 Å². The van der Waals surface area contributed by atoms with E-state index >= 15 is 0 Å². The summed E-state index contributed by atoms with van der Waals surface area (Å²) >= 11 is 1.43. The van der Waals surface area contributed by atoms with E-state index in [2.05, 4.69) is 4.99 Å². The molecule has 1 aromatic heterocycles. The Morgan fingerprint density at radius 2 is 1.78 bits per heavy atom. The van der Waals surface area contributed by atoms with Crippen LogP contribution in [0.2, 0.25) is 0 Å². The number of thiazole rings is 1. The number of carbonyl (C=O) groups excluding carboxylic acids is 1. The molecule has 2 aromatic carbocycles. The molecule has 0 unspecified atom stereocenters. The van der Waals surface area contributed by atoms with Gasteiger partial charge in [0, 0.05) is 25.2 Å². The molecule has 1 aliphatic heterocycles. The number of amides is 1. The zero-order chi connectivity index (χ0) is 22.7. The lowest BCUT2D eigenvalue weighted by Gasteiger charge is -2.25. The van der Waals surface area contributed by atoms with Crippen molar-refractivity contribution in [2.45, 2.75) is 44.6 Å². The van der Waals surface area contributed by atoms with Crippen LogP contribution in [0.3, 0.4) is 0 Å². The van der Waals surface area contributed by atoms with Gasteiger partial charge in [-0.05, 0) is 63.1 Å². The van der Waals surface area contributed by atoms with Gasteiger partial charge < -0.3 is 9.30 Å². The number of carbonyl (C=O) groups is 1. The minimum Gasteiger partial charge on any atom is -0.492 e. The normalized spacial score (nSPS) is 15.9. The SMILES string of the molecule is CCOc1cccc2sc(=NC(=O)c3ccc(S(=O)(=O)N4CCCCC4)cc3)n(CC)c12. The van der Waals surface area contributed by atoms with Gasteiger partial charge in [0.25, 0.3) is 5.91 Å². The molecule has 9 heteroatoms. The van der Waals surface area contributed by atoms with Crippen LogP contribution in [0.25, 0.3) is 10.2 Å². The van der Waals surface area contributed by atoms with Crippen LogP contribution in [0.15, 0.2) is 52.4 Å². The fourth-order valence-corrected chi connectivity index (χ4v) is 6.55. The second-order valence-electron chi connectivity index (χ2n) is 7.57. The van der Waals surface area contributed by atoms with Crippen LogP contribution >= 0.6 is 11.3 Å². The maximum atomic E-state index is 12.9. The molecular formula is C23H27N3O4S2. The van der Waals surface area contributed by atoms with Crippen LogP contribution in [0.4, 0.5) is 0 Å². The lowest BCUT2D eigenvalue weighted by atomic mass is 10.2. The van der Waals surface area contributed by atoms with Gasteiger partial charge in [-0.1, -0.05) is 23.8 Å². The van der Waals surface area contributed by atoms with Crippen molar-refractivity contribution in [1.29, 1.82) is 0 Å². The van der Waals surface area contributed by atoms with E-state index in [4.69, 9.17) is 4.74 Å². The Bertz CT molecular complexity index is 1290. The lowest BCUT2D eigenvalue weighted by Crippen LogP contribution is -2.35. The number of hydrogen-bond donors (Lipinski definition) is 0. The van der Waals surface area contributed by atoms with Crippen molar-refractivity contribution in [3.05, 3.63) is 52.8 Å². The fraction of sp³-hybridized carbons (Fsp3) is 0.391. The Balaban J connectivity index is 1.65. The summed E-state index contributed by atoms with van der Waals surface area (Å²) in [5, 5.41) is 0. The number of aryl methyl sites for hydroxylation is 1. The number of benzene rings is 2. The van der Waals surface area contributed by atoms with E-state index < -0.39 is 15.9 Å². The average Bonchev–Trinajstić information content (AvgIpc) is 3.17. The first-order valence-corrected chi connectivity index (χ1v) is 13.2. The molecule has 1 saturated heterocycles. The molecule has 0 atom stereocenters. The van der Waals surface area contributed by atoms with Crippen LogP contribution in [-0.2, 0) is 16.6 Å². The molecule has 1 aliphatic rings. The molecule has 2 heterocycles. The van der Waals surface area contributed by atoms with Gasteiger partial charge in [0.1, 0.15) is 11.3 Å². The number of rotatable bonds is 6. The summed E-state index contributed by atoms with van der Waals surface area (Å²) in [5.41, 5.74) is 1.28. The minimum absolute atomic E-state index is 0.211. The Morgan fingerprint density at radius 1 is 1.06 bits per heavy atom. The van der Waals surface area contributed by atoms with E-state index in [-0.39, 0.29) is 4.90 Å². The van der Waals surface area contributed by atoms with Gasteiger partial charge in [0.2, 0.25) is 10.0 Å². The molecule has 4 rings (SSSR count). The van der Waals surface area contributed by atoms with Gasteiger partial charge in [-0.3, -0.25) is 4.79 Å². The monoisotopic (exact) mass is 473 g/mol. The topological polar surface area (TPSA) is 81.0 Å². The van der Waals surface area contributed by atoms with Gasteiger partial charge in [-0.15, -0.1) is 0 Å². The summed E-state index contributed by atoms with van der Waals surface area (Å²) in [6.07, 6.45) is 2.82. The third-order valence-corrected chi connectivity index (χ3v) is 8.49. The molecule has 0 saturated carbocycles. The third-order valence-electron chi connectivity index (χ3n) is 5.53. The van der Waals surface area contributed by atoms with Crippen molar-refractivity contribution < 1.29 is 17.9 Å². The number of aromatic nitrogens is 1. The van der Waals surface area contributed by atoms with Crippen LogP contribution in [-0.4, -0.2) is 42.9 Å². The zero-order valence-corrected chi connectivity index (χ0v) is 19.9. The Morgan fingerprint density at radius 3 is 2.44 bits per heavy atom. The first-order valence-electron chi connectivity index (χ1n) is 10.9. The van der Waals surface area contributed by atoms with E-state index in [1.807, 2.05) is 36.6 Å². The molecule has 0 N–H and O–H groups in total. The molecule has 0 spiro atoms. The summed E-state index contributed by atoms with van der Waals surface area (Å²) < 4.78 is 35.9. The third kappa shape index (κ3) is 4.37. The van der Waals surface area contributed by atoms with Crippen LogP contribution in [0, 0.1) is 0 Å². The highest BCUT2D eigenvalue weighted by Gasteiger charge is 2.26. The lowest BCUT2D eigenvalue weighted by molar-refractivity contribution is 0.0997. The molecule has 1 fully saturated rings. The molecule has 1 amide bonds. The predicted octanol–water partition coefficient (Wildman–Crippen LogP) is 4.04. The van der Waals surface area contributed by atoms with Crippen LogP contribution in [0.1, 0.15) is 43.5 Å². The van der Waals surface area contributed by atoms with E-state index in [0.717, 1.165) is 35.2 Å². The highest BCUT2D eigenvalue weighted by Crippen LogP contribution is 2.27. The number of para-hydroxylation sites is 1. The molecule has 170 valence electrons. The maximum Gasteiger partial charge on any atom is 0.279 e. The van der Waals surface area contributed by atoms with Gasteiger partial charge in [0.15, 0.2) is 4.80 Å². The van der Waals surface area contributed by atoms with Crippen molar-refractivity contribution in [2.75, 3.05) is 19.7 Å². The number of ether oxygens (including phenoxy) is 1. The van der Waals surface area contributed by atoms with Crippen molar-refractivity contribution in [3.63, 3.8) is 0 Å². The minimum atomic E-state index is -3.53. The number of hydrogen-bond acceptors (Lipinski definition) is 5.